The molecule has 17 heteroatoms. The molecular formula is C26H42N5O9PS2. The van der Waals surface area contributed by atoms with Crippen LogP contribution in [0.1, 0.15) is 61.6 Å². The average Bonchev–Trinajstić information content (AvgIpc) is 3.42. The van der Waals surface area contributed by atoms with Gasteiger partial charge in [0.25, 0.3) is 0 Å². The number of aliphatic hydroxyl groups is 2. The third-order valence-electron chi connectivity index (χ3n) is 6.45. The van der Waals surface area contributed by atoms with Crippen molar-refractivity contribution >= 4 is 58.6 Å². The average molecular weight is 664 g/mol. The summed E-state index contributed by atoms with van der Waals surface area (Å²) in [5.74, 6) is 0.516. The Bertz CT molecular complexity index is 1310. The van der Waals surface area contributed by atoms with Crippen LogP contribution in [0.25, 0.3) is 11.2 Å². The minimum Gasteiger partial charge on any atom is -0.387 e. The van der Waals surface area contributed by atoms with Crippen molar-refractivity contribution in [2.24, 2.45) is 10.8 Å². The van der Waals surface area contributed by atoms with Crippen LogP contribution in [-0.4, -0.2) is 88.6 Å². The van der Waals surface area contributed by atoms with Gasteiger partial charge in [-0.1, -0.05) is 65.1 Å². The van der Waals surface area contributed by atoms with Gasteiger partial charge in [-0.25, -0.2) is 19.5 Å². The molecule has 0 saturated carbocycles. The normalized spacial score (nSPS) is 24.0. The molecule has 3 heterocycles. The summed E-state index contributed by atoms with van der Waals surface area (Å²) in [7, 11) is -4.30. The first-order valence-electron chi connectivity index (χ1n) is 13.7. The van der Waals surface area contributed by atoms with Gasteiger partial charge in [0.15, 0.2) is 27.9 Å². The second kappa shape index (κ2) is 13.8. The molecule has 5 atom stereocenters. The van der Waals surface area contributed by atoms with Crippen LogP contribution in [0, 0.1) is 10.8 Å². The summed E-state index contributed by atoms with van der Waals surface area (Å²) < 4.78 is 38.1. The molecule has 0 aromatic carbocycles. The molecule has 3 rings (SSSR count). The molecule has 1 fully saturated rings. The quantitative estimate of drug-likeness (QED) is 0.220. The van der Waals surface area contributed by atoms with Gasteiger partial charge < -0.3 is 20.7 Å². The highest BCUT2D eigenvalue weighted by Crippen LogP contribution is 2.53. The maximum atomic E-state index is 13.8. The number of nitrogens with two attached hydrogens (primary N) is 1. The zero-order chi connectivity index (χ0) is 32.4. The molecular weight excluding hydrogens is 621 g/mol. The van der Waals surface area contributed by atoms with E-state index < -0.39 is 48.8 Å². The summed E-state index contributed by atoms with van der Waals surface area (Å²) >= 11 is 2.07. The third-order valence-corrected chi connectivity index (χ3v) is 10.5. The number of fused-ring (bicyclic) bond motifs is 1. The number of hydrogen-bond donors (Lipinski definition) is 3. The van der Waals surface area contributed by atoms with E-state index >= 15 is 0 Å². The molecule has 0 spiro atoms. The molecule has 2 aromatic heterocycles. The van der Waals surface area contributed by atoms with Gasteiger partial charge in [-0.05, 0) is 13.8 Å². The largest absolute Gasteiger partial charge is 0.475 e. The number of carbonyl (C=O) groups is 2. The van der Waals surface area contributed by atoms with Crippen molar-refractivity contribution in [2.75, 3.05) is 30.5 Å². The van der Waals surface area contributed by atoms with Gasteiger partial charge in [0.2, 0.25) is 0 Å². The Morgan fingerprint density at radius 2 is 1.63 bits per heavy atom. The Balaban J connectivity index is 1.74. The lowest BCUT2D eigenvalue weighted by atomic mass is 9.94. The standard InChI is InChI=1S/C26H42N5O9PS2/c1-15(17-18(32)26(8,35)21(39-17)31-14-30-16-19(27)28-13-29-20(16)31)40-41(36,37-9-11-42-22(33)24(2,3)4)38-10-12-43-23(34)25(5,6)7/h13-15,17-18,21,32,35H,9-12H2,1-8H3,(H2,27,28,29)/t15-,17+,18+,21+,26+/m0/s1. The zero-order valence-corrected chi connectivity index (χ0v) is 28.2. The fourth-order valence-electron chi connectivity index (χ4n) is 3.96. The molecule has 14 nitrogen and oxygen atoms in total. The van der Waals surface area contributed by atoms with Crippen LogP contribution >= 0.6 is 31.3 Å². The van der Waals surface area contributed by atoms with E-state index in [1.54, 1.807) is 41.5 Å². The Morgan fingerprint density at radius 3 is 2.14 bits per heavy atom. The number of thioether (sulfide) groups is 2. The predicted octanol–water partition coefficient (Wildman–Crippen LogP) is 3.58. The third kappa shape index (κ3) is 8.76. The number of nitrogens with zero attached hydrogens (tertiary/aromatic N) is 4. The number of imidazole rings is 1. The maximum absolute atomic E-state index is 13.8. The van der Waals surface area contributed by atoms with E-state index in [1.165, 1.54) is 31.1 Å². The van der Waals surface area contributed by atoms with E-state index in [9.17, 15) is 24.4 Å². The van der Waals surface area contributed by atoms with Crippen LogP contribution in [0.4, 0.5) is 5.82 Å². The summed E-state index contributed by atoms with van der Waals surface area (Å²) in [4.78, 5) is 36.8. The van der Waals surface area contributed by atoms with Gasteiger partial charge in [0, 0.05) is 22.3 Å². The number of phosphoric ester groups is 1. The molecule has 0 bridgehead atoms. The lowest BCUT2D eigenvalue weighted by Crippen LogP contribution is -2.46. The van der Waals surface area contributed by atoms with Crippen LogP contribution in [-0.2, 0) is 32.5 Å². The summed E-state index contributed by atoms with van der Waals surface area (Å²) in [6.07, 6.45) is -2.37. The highest BCUT2D eigenvalue weighted by Gasteiger charge is 2.56. The van der Waals surface area contributed by atoms with Gasteiger partial charge in [-0.2, -0.15) is 0 Å². The Kier molecular flexibility index (Phi) is 11.5. The number of anilines is 1. The minimum atomic E-state index is -4.30. The number of rotatable bonds is 12. The molecule has 0 amide bonds. The van der Waals surface area contributed by atoms with E-state index in [4.69, 9.17) is 24.0 Å². The van der Waals surface area contributed by atoms with Crippen LogP contribution in [0.3, 0.4) is 0 Å². The fourth-order valence-corrected chi connectivity index (χ4v) is 7.13. The van der Waals surface area contributed by atoms with E-state index in [1.807, 2.05) is 0 Å². The lowest BCUT2D eigenvalue weighted by Gasteiger charge is -2.28. The van der Waals surface area contributed by atoms with E-state index in [2.05, 4.69) is 15.0 Å². The number of aliphatic hydroxyl groups excluding tert-OH is 1. The first kappa shape index (κ1) is 35.9. The highest BCUT2D eigenvalue weighted by molar-refractivity contribution is 8.14. The summed E-state index contributed by atoms with van der Waals surface area (Å²) in [6, 6.07) is 0. The number of carbonyl (C=O) groups excluding carboxylic acids is 2. The van der Waals surface area contributed by atoms with Gasteiger partial charge >= 0.3 is 7.82 Å². The summed E-state index contributed by atoms with van der Waals surface area (Å²) in [6.45, 7) is 13.4. The molecule has 2 aromatic rings. The predicted molar refractivity (Wildman–Crippen MR) is 164 cm³/mol. The zero-order valence-electron chi connectivity index (χ0n) is 25.7. The van der Waals surface area contributed by atoms with Crippen LogP contribution in [0.5, 0.6) is 0 Å². The van der Waals surface area contributed by atoms with Crippen molar-refractivity contribution in [1.82, 2.24) is 19.5 Å². The molecule has 0 unspecified atom stereocenters. The molecule has 1 aliphatic rings. The monoisotopic (exact) mass is 663 g/mol. The SMILES string of the molecule is C[C@H](OP(=O)(OCCSC(=O)C(C)(C)C)OCCSC(=O)C(C)(C)C)[C@H]1O[C@@H](n2cnc3c(N)ncnc32)[C@](C)(O)[C@@H]1O. The summed E-state index contributed by atoms with van der Waals surface area (Å²) in [5, 5.41) is 22.2. The van der Waals surface area contributed by atoms with Crippen LogP contribution < -0.4 is 5.73 Å². The van der Waals surface area contributed by atoms with E-state index in [0.29, 0.717) is 5.52 Å². The number of nitrogen functional groups attached to an aromatic ring is 1. The van der Waals surface area contributed by atoms with Crippen molar-refractivity contribution in [2.45, 2.75) is 85.5 Å². The van der Waals surface area contributed by atoms with E-state index in [0.717, 1.165) is 23.5 Å². The topological polar surface area (TPSA) is 198 Å². The molecule has 242 valence electrons. The Labute approximate surface area is 259 Å². The van der Waals surface area contributed by atoms with Gasteiger partial charge in [-0.15, -0.1) is 0 Å². The van der Waals surface area contributed by atoms with Crippen LogP contribution in [0.15, 0.2) is 12.7 Å². The number of hydrogen-bond acceptors (Lipinski definition) is 15. The summed E-state index contributed by atoms with van der Waals surface area (Å²) in [5.41, 5.74) is 3.48. The van der Waals surface area contributed by atoms with Gasteiger partial charge in [-0.3, -0.25) is 27.7 Å². The van der Waals surface area contributed by atoms with Crippen molar-refractivity contribution in [3.8, 4) is 0 Å². The maximum Gasteiger partial charge on any atom is 0.475 e. The van der Waals surface area contributed by atoms with E-state index in [-0.39, 0.29) is 46.4 Å². The van der Waals surface area contributed by atoms with Crippen molar-refractivity contribution in [1.29, 1.82) is 0 Å². The molecule has 0 aliphatic carbocycles. The Morgan fingerprint density at radius 1 is 1.09 bits per heavy atom. The smallest absolute Gasteiger partial charge is 0.387 e. The van der Waals surface area contributed by atoms with Crippen molar-refractivity contribution < 1.29 is 42.7 Å². The second-order valence-electron chi connectivity index (χ2n) is 12.4. The minimum absolute atomic E-state index is 0.0620. The number of aromatic nitrogens is 4. The Hall–Kier alpha value is -1.62. The highest BCUT2D eigenvalue weighted by atomic mass is 32.2. The van der Waals surface area contributed by atoms with Crippen molar-refractivity contribution in [3.05, 3.63) is 12.7 Å². The van der Waals surface area contributed by atoms with Crippen LogP contribution in [0.2, 0.25) is 0 Å². The molecule has 43 heavy (non-hydrogen) atoms. The molecule has 0 radical (unpaired) electrons. The number of ether oxygens (including phenoxy) is 1. The molecule has 1 saturated heterocycles. The molecule has 1 aliphatic heterocycles. The second-order valence-corrected chi connectivity index (χ2v) is 16.2. The van der Waals surface area contributed by atoms with Crippen molar-refractivity contribution in [3.63, 3.8) is 0 Å². The van der Waals surface area contributed by atoms with Gasteiger partial charge in [0.1, 0.15) is 29.7 Å². The van der Waals surface area contributed by atoms with Gasteiger partial charge in [0.05, 0.1) is 25.6 Å². The first-order valence-corrected chi connectivity index (χ1v) is 17.1. The lowest BCUT2D eigenvalue weighted by molar-refractivity contribution is -0.118. The number of phosphoric acid groups is 1. The fraction of sp³-hybridized carbons (Fsp3) is 0.731. The molecule has 4 N–H and O–H groups in total. The first-order chi connectivity index (χ1) is 19.8.